The summed E-state index contributed by atoms with van der Waals surface area (Å²) in [6, 6.07) is 5.36. The van der Waals surface area contributed by atoms with Gasteiger partial charge >= 0.3 is 0 Å². The Hall–Kier alpha value is -0.550. The maximum Gasteiger partial charge on any atom is 0.235 e. The highest BCUT2D eigenvalue weighted by molar-refractivity contribution is 9.10. The molecule has 0 aliphatic heterocycles. The zero-order valence-electron chi connectivity index (χ0n) is 8.91. The van der Waals surface area contributed by atoms with E-state index in [9.17, 15) is 8.42 Å². The average Bonchev–Trinajstić information content (AvgIpc) is 2.10. The monoisotopic (exact) mass is 291 g/mol. The normalized spacial score (nSPS) is 11.8. The first kappa shape index (κ1) is 12.5. The van der Waals surface area contributed by atoms with Crippen molar-refractivity contribution in [3.05, 3.63) is 28.2 Å². The largest absolute Gasteiger partial charge is 0.283 e. The predicted molar refractivity (Wildman–Crippen MR) is 66.6 cm³/mol. The van der Waals surface area contributed by atoms with Crippen molar-refractivity contribution in [3.63, 3.8) is 0 Å². The fraction of sp³-hybridized carbons (Fsp3) is 0.400. The Balaban J connectivity index is 2.96. The van der Waals surface area contributed by atoms with E-state index in [1.165, 1.54) is 0 Å². The van der Waals surface area contributed by atoms with Gasteiger partial charge in [-0.1, -0.05) is 15.9 Å². The van der Waals surface area contributed by atoms with Crippen LogP contribution in [0.2, 0.25) is 0 Å². The summed E-state index contributed by atoms with van der Waals surface area (Å²) in [5.41, 5.74) is 1.60. The molecule has 0 unspecified atom stereocenters. The predicted octanol–water partition coefficient (Wildman–Crippen LogP) is 2.91. The van der Waals surface area contributed by atoms with Gasteiger partial charge in [0.1, 0.15) is 0 Å². The van der Waals surface area contributed by atoms with Gasteiger partial charge in [0, 0.05) is 10.2 Å². The first-order valence-electron chi connectivity index (χ1n) is 4.60. The number of rotatable bonds is 3. The molecule has 3 nitrogen and oxygen atoms in total. The summed E-state index contributed by atoms with van der Waals surface area (Å²) in [5, 5.41) is -0.429. The van der Waals surface area contributed by atoms with Gasteiger partial charge in [-0.05, 0) is 44.5 Å². The summed E-state index contributed by atoms with van der Waals surface area (Å²) in [4.78, 5) is 0. The van der Waals surface area contributed by atoms with E-state index in [4.69, 9.17) is 0 Å². The molecule has 5 heteroatoms. The molecule has 0 atom stereocenters. The lowest BCUT2D eigenvalue weighted by atomic mass is 10.2. The van der Waals surface area contributed by atoms with Gasteiger partial charge < -0.3 is 0 Å². The van der Waals surface area contributed by atoms with Gasteiger partial charge in [-0.3, -0.25) is 4.72 Å². The number of hydrogen-bond acceptors (Lipinski definition) is 2. The van der Waals surface area contributed by atoms with Crippen molar-refractivity contribution >= 4 is 31.6 Å². The van der Waals surface area contributed by atoms with Crippen LogP contribution in [0, 0.1) is 6.92 Å². The lowest BCUT2D eigenvalue weighted by Gasteiger charge is -2.11. The van der Waals surface area contributed by atoms with E-state index in [2.05, 4.69) is 20.7 Å². The van der Waals surface area contributed by atoms with Crippen molar-refractivity contribution in [3.8, 4) is 0 Å². The second-order valence-corrected chi connectivity index (χ2v) is 6.75. The van der Waals surface area contributed by atoms with Gasteiger partial charge in [-0.2, -0.15) is 0 Å². The Morgan fingerprint density at radius 2 is 1.93 bits per heavy atom. The van der Waals surface area contributed by atoms with Gasteiger partial charge in [-0.25, -0.2) is 8.42 Å². The third-order valence-corrected chi connectivity index (χ3v) is 4.69. The fourth-order valence-corrected chi connectivity index (χ4v) is 1.93. The van der Waals surface area contributed by atoms with E-state index >= 15 is 0 Å². The van der Waals surface area contributed by atoms with Gasteiger partial charge in [0.25, 0.3) is 0 Å². The molecule has 1 aromatic rings. The minimum atomic E-state index is -3.25. The van der Waals surface area contributed by atoms with Crippen LogP contribution in [0.3, 0.4) is 0 Å². The van der Waals surface area contributed by atoms with Gasteiger partial charge in [-0.15, -0.1) is 0 Å². The van der Waals surface area contributed by atoms with Crippen LogP contribution in [0.25, 0.3) is 0 Å². The highest BCUT2D eigenvalue weighted by atomic mass is 79.9. The topological polar surface area (TPSA) is 46.2 Å². The molecule has 0 fully saturated rings. The molecule has 1 rings (SSSR count). The molecule has 84 valence electrons. The zero-order chi connectivity index (χ0) is 11.6. The number of benzene rings is 1. The van der Waals surface area contributed by atoms with Crippen molar-refractivity contribution in [1.82, 2.24) is 0 Å². The third kappa shape index (κ3) is 3.21. The van der Waals surface area contributed by atoms with Gasteiger partial charge in [0.15, 0.2) is 0 Å². The number of hydrogen-bond donors (Lipinski definition) is 1. The Labute approximate surface area is 99.1 Å². The minimum Gasteiger partial charge on any atom is -0.283 e. The fourth-order valence-electron chi connectivity index (χ4n) is 0.990. The quantitative estimate of drug-likeness (QED) is 0.931. The Bertz CT molecular complexity index is 454. The molecule has 0 spiro atoms. The standard InChI is InChI=1S/C10H14BrNO2S/c1-7(2)15(13,14)12-9-4-5-10(11)8(3)6-9/h4-7,12H,1-3H3. The first-order valence-corrected chi connectivity index (χ1v) is 6.94. The number of anilines is 1. The molecule has 0 aliphatic rings. The molecule has 1 aromatic carbocycles. The summed E-state index contributed by atoms with van der Waals surface area (Å²) in [6.45, 7) is 5.21. The molecule has 15 heavy (non-hydrogen) atoms. The van der Waals surface area contributed by atoms with E-state index < -0.39 is 15.3 Å². The Morgan fingerprint density at radius 3 is 2.40 bits per heavy atom. The smallest absolute Gasteiger partial charge is 0.235 e. The number of sulfonamides is 1. The molecule has 0 bridgehead atoms. The molecule has 0 saturated carbocycles. The van der Waals surface area contributed by atoms with E-state index in [-0.39, 0.29) is 0 Å². The molecule has 0 radical (unpaired) electrons. The maximum atomic E-state index is 11.6. The highest BCUT2D eigenvalue weighted by Gasteiger charge is 2.15. The maximum absolute atomic E-state index is 11.6. The van der Waals surface area contributed by atoms with Crippen LogP contribution in [0.1, 0.15) is 19.4 Å². The summed E-state index contributed by atoms with van der Waals surface area (Å²) in [5.74, 6) is 0. The highest BCUT2D eigenvalue weighted by Crippen LogP contribution is 2.21. The first-order chi connectivity index (χ1) is 6.83. The van der Waals surface area contributed by atoms with Crippen LogP contribution < -0.4 is 4.72 Å². The summed E-state index contributed by atoms with van der Waals surface area (Å²) < 4.78 is 26.7. The van der Waals surface area contributed by atoms with E-state index in [0.29, 0.717) is 5.69 Å². The van der Waals surface area contributed by atoms with Crippen LogP contribution in [-0.4, -0.2) is 13.7 Å². The molecule has 0 saturated heterocycles. The van der Waals surface area contributed by atoms with Crippen LogP contribution in [0.15, 0.2) is 22.7 Å². The van der Waals surface area contributed by atoms with Crippen LogP contribution in [0.4, 0.5) is 5.69 Å². The molecule has 0 aliphatic carbocycles. The van der Waals surface area contributed by atoms with E-state index in [1.807, 2.05) is 13.0 Å². The lowest BCUT2D eigenvalue weighted by Crippen LogP contribution is -2.22. The van der Waals surface area contributed by atoms with Crippen molar-refractivity contribution < 1.29 is 8.42 Å². The number of aryl methyl sites for hydroxylation is 1. The van der Waals surface area contributed by atoms with Crippen molar-refractivity contribution in [1.29, 1.82) is 0 Å². The van der Waals surface area contributed by atoms with Crippen molar-refractivity contribution in [2.24, 2.45) is 0 Å². The van der Waals surface area contributed by atoms with E-state index in [1.54, 1.807) is 26.0 Å². The van der Waals surface area contributed by atoms with Crippen LogP contribution in [0.5, 0.6) is 0 Å². The average molecular weight is 292 g/mol. The zero-order valence-corrected chi connectivity index (χ0v) is 11.3. The van der Waals surface area contributed by atoms with Crippen LogP contribution in [-0.2, 0) is 10.0 Å². The van der Waals surface area contributed by atoms with Crippen molar-refractivity contribution in [2.45, 2.75) is 26.0 Å². The minimum absolute atomic E-state index is 0.429. The molecule has 0 aromatic heterocycles. The van der Waals surface area contributed by atoms with E-state index in [0.717, 1.165) is 10.0 Å². The number of nitrogens with one attached hydrogen (secondary N) is 1. The molecule has 0 amide bonds. The second kappa shape index (κ2) is 4.53. The summed E-state index contributed by atoms with van der Waals surface area (Å²) >= 11 is 3.36. The summed E-state index contributed by atoms with van der Waals surface area (Å²) in [7, 11) is -3.25. The molecule has 0 heterocycles. The molecule has 1 N–H and O–H groups in total. The SMILES string of the molecule is Cc1cc(NS(=O)(=O)C(C)C)ccc1Br. The number of halogens is 1. The second-order valence-electron chi connectivity index (χ2n) is 3.66. The third-order valence-electron chi connectivity index (χ3n) is 2.04. The summed E-state index contributed by atoms with van der Waals surface area (Å²) in [6.07, 6.45) is 0. The lowest BCUT2D eigenvalue weighted by molar-refractivity contribution is 0.593. The van der Waals surface area contributed by atoms with Gasteiger partial charge in [0.2, 0.25) is 10.0 Å². The molecular weight excluding hydrogens is 278 g/mol. The Kier molecular flexibility index (Phi) is 3.78. The van der Waals surface area contributed by atoms with Crippen LogP contribution >= 0.6 is 15.9 Å². The Morgan fingerprint density at radius 1 is 1.33 bits per heavy atom. The van der Waals surface area contributed by atoms with Gasteiger partial charge in [0.05, 0.1) is 5.25 Å². The van der Waals surface area contributed by atoms with Crippen molar-refractivity contribution in [2.75, 3.05) is 4.72 Å². The molecular formula is C10H14BrNO2S.